The molecule has 0 saturated carbocycles. The van der Waals surface area contributed by atoms with Gasteiger partial charge in [0.05, 0.1) is 42.4 Å². The van der Waals surface area contributed by atoms with Crippen LogP contribution in [0.1, 0.15) is 16.7 Å². The van der Waals surface area contributed by atoms with Crippen LogP contribution in [0.25, 0.3) is 16.9 Å². The first-order valence-electron chi connectivity index (χ1n) is 34.9. The Hall–Kier alpha value is -12.4. The third-order valence-electron chi connectivity index (χ3n) is 17.8. The maximum atomic E-state index is 11.7. The van der Waals surface area contributed by atoms with Crippen molar-refractivity contribution in [2.45, 2.75) is 40.9 Å². The maximum absolute atomic E-state index is 11.7. The van der Waals surface area contributed by atoms with E-state index in [1.165, 1.54) is 52.0 Å². The number of nitrogens with zero attached hydrogens (tertiary/aromatic N) is 20. The van der Waals surface area contributed by atoms with Crippen LogP contribution in [0.3, 0.4) is 0 Å². The lowest BCUT2D eigenvalue weighted by atomic mass is 10.1. The van der Waals surface area contributed by atoms with Crippen molar-refractivity contribution in [3.8, 4) is 11.8 Å². The standard InChI is InChI=1S/C26H28N8OS.C25H27N9O2.C25H27N9OS/c1-4-24(35)28-19-6-5-7-21(17-19)36-26-31-25(30-23-10-11-27-34(23)26)29-22-9-8-20(16-18(22)2)33-14-12-32(3)13-15-33;2*1-4-22(35)28-18-6-5-7-20(15-18)36-25-31-24(29-21-8-9-27-34(21)25)30-23-17(2)14-19(16-26-23)33-12-10-32(3)11-13-33/h4-11,16-17H,1,12-15H2,2-3H3,(H,28,35)(H,29,30);2*4-9,14-16H,1,10-13H2,2-3H3,(H,28,35)(H,26,29,30). The first kappa shape index (κ1) is 73.9. The summed E-state index contributed by atoms with van der Waals surface area (Å²) in [4.78, 5) is 88.0. The van der Waals surface area contributed by atoms with Gasteiger partial charge in [0, 0.05) is 141 Å². The number of aryl methyl sites for hydroxylation is 3. The molecule has 552 valence electrons. The molecule has 30 nitrogen and oxygen atoms in total. The summed E-state index contributed by atoms with van der Waals surface area (Å²) >= 11 is 2.86. The number of carbonyl (C=O) groups is 3. The van der Waals surface area contributed by atoms with Crippen molar-refractivity contribution in [3.63, 3.8) is 0 Å². The van der Waals surface area contributed by atoms with Crippen molar-refractivity contribution < 1.29 is 19.1 Å². The van der Waals surface area contributed by atoms with Gasteiger partial charge in [-0.05, 0) is 179 Å². The van der Waals surface area contributed by atoms with Crippen LogP contribution in [0.4, 0.5) is 69.3 Å². The van der Waals surface area contributed by atoms with Crippen LogP contribution in [0.2, 0.25) is 0 Å². The highest BCUT2D eigenvalue weighted by Gasteiger charge is 2.22. The Morgan fingerprint density at radius 3 is 1.27 bits per heavy atom. The maximum Gasteiger partial charge on any atom is 0.328 e. The molecule has 3 aliphatic rings. The number of amides is 3. The number of hydrogen-bond acceptors (Lipinski definition) is 26. The molecule has 108 heavy (non-hydrogen) atoms. The minimum Gasteiger partial charge on any atom is -0.424 e. The molecule has 12 aromatic rings. The van der Waals surface area contributed by atoms with Crippen LogP contribution < -0.4 is 51.3 Å². The number of aromatic nitrogens is 14. The zero-order valence-corrected chi connectivity index (χ0v) is 62.3. The third-order valence-corrected chi connectivity index (χ3v) is 19.7. The second kappa shape index (κ2) is 34.3. The fourth-order valence-corrected chi connectivity index (χ4v) is 13.6. The topological polar surface area (TPSA) is 307 Å². The van der Waals surface area contributed by atoms with Crippen molar-refractivity contribution in [2.75, 3.05) is 146 Å². The number of likely N-dealkylation sites (N-methyl/N-ethyl adjacent to an activating group) is 3. The molecule has 0 radical (unpaired) electrons. The number of nitrogens with one attached hydrogen (secondary N) is 6. The molecule has 0 atom stereocenters. The van der Waals surface area contributed by atoms with Crippen molar-refractivity contribution >= 4 is 127 Å². The number of fused-ring (bicyclic) bond motifs is 3. The van der Waals surface area contributed by atoms with Crippen LogP contribution in [-0.4, -0.2) is 201 Å². The first-order chi connectivity index (χ1) is 52.4. The third kappa shape index (κ3) is 18.8. The number of pyridine rings is 2. The largest absolute Gasteiger partial charge is 0.424 e. The Kier molecular flexibility index (Phi) is 23.5. The molecule has 3 saturated heterocycles. The molecule has 4 aromatic carbocycles. The van der Waals surface area contributed by atoms with E-state index in [1.807, 2.05) is 86.9 Å². The van der Waals surface area contributed by atoms with Gasteiger partial charge in [-0.25, -0.2) is 9.97 Å². The second-order valence-corrected chi connectivity index (χ2v) is 27.8. The van der Waals surface area contributed by atoms with E-state index in [-0.39, 0.29) is 23.7 Å². The molecule has 6 N–H and O–H groups in total. The van der Waals surface area contributed by atoms with E-state index in [1.54, 1.807) is 58.0 Å². The molecular weight excluding hydrogens is 1410 g/mol. The smallest absolute Gasteiger partial charge is 0.328 e. The van der Waals surface area contributed by atoms with Gasteiger partial charge in [-0.3, -0.25) is 14.4 Å². The SMILES string of the molecule is C=CC(=O)Nc1cccc(Oc2nc(Nc3ncc(N4CCN(C)CC4)cc3C)nc3ccnn23)c1.C=CC(=O)Nc1cccc(Sc2nc(Nc3ccc(N4CCN(C)CC4)cc3C)nc3ccnn23)c1.C=CC(=O)Nc1cccc(Sc2nc(Nc3ncc(N4CCN(C)CC4)cc3C)nc3ccnn23)c1. The Morgan fingerprint density at radius 1 is 0.426 bits per heavy atom. The number of carbonyl (C=O) groups excluding carboxylic acids is 3. The van der Waals surface area contributed by atoms with E-state index in [2.05, 4.69) is 185 Å². The summed E-state index contributed by atoms with van der Waals surface area (Å²) < 4.78 is 10.9. The monoisotopic (exact) mass is 1490 g/mol. The van der Waals surface area contributed by atoms with Gasteiger partial charge in [-0.2, -0.15) is 58.7 Å². The molecule has 32 heteroatoms. The summed E-state index contributed by atoms with van der Waals surface area (Å²) in [7, 11) is 6.45. The number of piperazine rings is 3. The van der Waals surface area contributed by atoms with Crippen molar-refractivity contribution in [1.29, 1.82) is 0 Å². The number of hydrogen-bond donors (Lipinski definition) is 6. The average molecular weight is 1490 g/mol. The summed E-state index contributed by atoms with van der Waals surface area (Å²) in [6, 6.07) is 38.4. The van der Waals surface area contributed by atoms with Crippen LogP contribution in [0, 0.1) is 20.8 Å². The number of ether oxygens (including phenoxy) is 1. The van der Waals surface area contributed by atoms with Crippen LogP contribution in [0.15, 0.2) is 210 Å². The highest BCUT2D eigenvalue weighted by atomic mass is 32.2. The zero-order chi connectivity index (χ0) is 75.2. The van der Waals surface area contributed by atoms with Gasteiger partial charge >= 0.3 is 6.01 Å². The lowest BCUT2D eigenvalue weighted by Crippen LogP contribution is -2.44. The van der Waals surface area contributed by atoms with Gasteiger partial charge in [-0.15, -0.1) is 0 Å². The lowest BCUT2D eigenvalue weighted by Gasteiger charge is -2.34. The molecule has 0 spiro atoms. The Morgan fingerprint density at radius 2 is 0.824 bits per heavy atom. The minimum atomic E-state index is -0.309. The predicted molar refractivity (Wildman–Crippen MR) is 425 cm³/mol. The Balaban J connectivity index is 0.000000143. The summed E-state index contributed by atoms with van der Waals surface area (Å²) in [6.07, 6.45) is 12.5. The van der Waals surface area contributed by atoms with Gasteiger partial charge in [-0.1, -0.05) is 37.9 Å². The fourth-order valence-electron chi connectivity index (χ4n) is 11.8. The molecule has 3 amide bonds. The van der Waals surface area contributed by atoms with Crippen molar-refractivity contribution in [1.82, 2.24) is 83.4 Å². The van der Waals surface area contributed by atoms with Gasteiger partial charge in [0.25, 0.3) is 0 Å². The summed E-state index contributed by atoms with van der Waals surface area (Å²) in [5, 5.41) is 32.5. The van der Waals surface area contributed by atoms with Crippen molar-refractivity contribution in [3.05, 3.63) is 207 Å². The van der Waals surface area contributed by atoms with E-state index in [9.17, 15) is 14.4 Å². The highest BCUT2D eigenvalue weighted by molar-refractivity contribution is 7.99. The second-order valence-electron chi connectivity index (χ2n) is 25.7. The predicted octanol–water partition coefficient (Wildman–Crippen LogP) is 11.0. The lowest BCUT2D eigenvalue weighted by molar-refractivity contribution is -0.112. The summed E-state index contributed by atoms with van der Waals surface area (Å²) in [6.45, 7) is 28.9. The minimum absolute atomic E-state index is 0.214. The van der Waals surface area contributed by atoms with Gasteiger partial charge in [0.15, 0.2) is 27.3 Å². The van der Waals surface area contributed by atoms with Crippen LogP contribution >= 0.6 is 23.5 Å². The number of benzene rings is 4. The number of rotatable bonds is 21. The van der Waals surface area contributed by atoms with E-state index >= 15 is 0 Å². The summed E-state index contributed by atoms with van der Waals surface area (Å²) in [5.41, 5.74) is 11.4. The molecular formula is C76H82N26O4S2. The van der Waals surface area contributed by atoms with Crippen molar-refractivity contribution in [2.24, 2.45) is 0 Å². The summed E-state index contributed by atoms with van der Waals surface area (Å²) in [5.74, 6) is 2.29. The molecule has 0 bridgehead atoms. The molecule has 11 heterocycles. The highest BCUT2D eigenvalue weighted by Crippen LogP contribution is 2.34. The zero-order valence-electron chi connectivity index (χ0n) is 60.7. The van der Waals surface area contributed by atoms with E-state index < -0.39 is 0 Å². The van der Waals surface area contributed by atoms with E-state index in [0.29, 0.717) is 79.5 Å². The van der Waals surface area contributed by atoms with Crippen LogP contribution in [-0.2, 0) is 14.4 Å². The molecule has 3 aliphatic heterocycles. The van der Waals surface area contributed by atoms with Gasteiger partial charge < -0.3 is 66.0 Å². The Labute approximate surface area is 632 Å². The molecule has 3 fully saturated rings. The average Bonchev–Trinajstić information content (AvgIpc) is 1.56. The molecule has 0 aliphatic carbocycles. The molecule has 0 unspecified atom stereocenters. The molecule has 15 rings (SSSR count). The van der Waals surface area contributed by atoms with Crippen LogP contribution in [0.5, 0.6) is 11.8 Å². The van der Waals surface area contributed by atoms with Gasteiger partial charge in [0.2, 0.25) is 35.6 Å². The first-order valence-corrected chi connectivity index (χ1v) is 36.5. The Bertz CT molecular complexity index is 4740. The molecule has 8 aromatic heterocycles. The van der Waals surface area contributed by atoms with Gasteiger partial charge in [0.1, 0.15) is 17.4 Å². The fraction of sp³-hybridized carbons (Fsp3) is 0.237. The van der Waals surface area contributed by atoms with E-state index in [0.717, 1.165) is 122 Å². The normalized spacial score (nSPS) is 14.1. The quantitative estimate of drug-likeness (QED) is 0.0364. The van der Waals surface area contributed by atoms with E-state index in [4.69, 9.17) is 14.7 Å². The number of anilines is 12.